The molecule has 0 fully saturated rings. The van der Waals surface area contributed by atoms with Gasteiger partial charge in [-0.3, -0.25) is 0 Å². The molecule has 1 aromatic heterocycles. The quantitative estimate of drug-likeness (QED) is 0.424. The highest BCUT2D eigenvalue weighted by Gasteiger charge is 2.09. The maximum Gasteiger partial charge on any atom is 0.337 e. The third-order valence-electron chi connectivity index (χ3n) is 2.52. The molecule has 5 N–H and O–H groups in total. The molecule has 0 aliphatic heterocycles. The fourth-order valence-corrected chi connectivity index (χ4v) is 1.58. The Morgan fingerprint density at radius 2 is 2.21 bits per heavy atom. The maximum atomic E-state index is 11.5. The molecule has 0 amide bonds. The third-order valence-corrected chi connectivity index (χ3v) is 2.52. The molecule has 0 spiro atoms. The molecule has 0 radical (unpaired) electrons. The first-order valence-electron chi connectivity index (χ1n) is 5.43. The summed E-state index contributed by atoms with van der Waals surface area (Å²) in [6.07, 6.45) is 1.52. The van der Waals surface area contributed by atoms with Crippen LogP contribution >= 0.6 is 0 Å². The van der Waals surface area contributed by atoms with Gasteiger partial charge in [0.2, 0.25) is 0 Å². The van der Waals surface area contributed by atoms with Gasteiger partial charge in [0.25, 0.3) is 0 Å². The Hall–Kier alpha value is -2.67. The summed E-state index contributed by atoms with van der Waals surface area (Å²) < 4.78 is 4.66. The lowest BCUT2D eigenvalue weighted by molar-refractivity contribution is 0.0601. The lowest BCUT2D eigenvalue weighted by Crippen LogP contribution is -2.12. The molecule has 2 rings (SSSR count). The van der Waals surface area contributed by atoms with Gasteiger partial charge in [-0.25, -0.2) is 20.6 Å². The zero-order chi connectivity index (χ0) is 13.8. The van der Waals surface area contributed by atoms with E-state index in [0.29, 0.717) is 22.6 Å². The van der Waals surface area contributed by atoms with Crippen molar-refractivity contribution in [2.24, 2.45) is 5.84 Å². The molecule has 0 atom stereocenters. The van der Waals surface area contributed by atoms with Gasteiger partial charge in [-0.1, -0.05) is 12.1 Å². The van der Waals surface area contributed by atoms with Crippen molar-refractivity contribution in [3.63, 3.8) is 0 Å². The number of hydrogen-bond donors (Lipinski definition) is 3. The normalized spacial score (nSPS) is 10.0. The average Bonchev–Trinajstić information content (AvgIpc) is 2.46. The van der Waals surface area contributed by atoms with E-state index in [1.807, 2.05) is 0 Å². The molecule has 1 heterocycles. The standard InChI is InChI=1S/C12H13N5O2/c1-19-12(18)8-4-2-3-7(5-8)9-6-15-11(17-14)10(13)16-9/h2-6H,14H2,1H3,(H2,13,16)(H,15,17). The van der Waals surface area contributed by atoms with Crippen LogP contribution in [0.1, 0.15) is 10.4 Å². The molecular formula is C12H13N5O2. The highest BCUT2D eigenvalue weighted by atomic mass is 16.5. The molecule has 0 bridgehead atoms. The minimum Gasteiger partial charge on any atom is -0.465 e. The van der Waals surface area contributed by atoms with Crippen LogP contribution in [0.2, 0.25) is 0 Å². The number of anilines is 2. The monoisotopic (exact) mass is 259 g/mol. The second-order valence-corrected chi connectivity index (χ2v) is 3.71. The van der Waals surface area contributed by atoms with Gasteiger partial charge in [-0.05, 0) is 12.1 Å². The number of nitrogens with two attached hydrogens (primary N) is 2. The number of hydrogen-bond acceptors (Lipinski definition) is 7. The molecule has 0 saturated heterocycles. The predicted molar refractivity (Wildman–Crippen MR) is 71.0 cm³/mol. The van der Waals surface area contributed by atoms with Gasteiger partial charge in [0.05, 0.1) is 24.6 Å². The van der Waals surface area contributed by atoms with Crippen molar-refractivity contribution in [2.45, 2.75) is 0 Å². The van der Waals surface area contributed by atoms with Crippen molar-refractivity contribution in [1.29, 1.82) is 0 Å². The topological polar surface area (TPSA) is 116 Å². The number of benzene rings is 1. The smallest absolute Gasteiger partial charge is 0.337 e. The molecule has 0 aliphatic carbocycles. The number of rotatable bonds is 3. The van der Waals surface area contributed by atoms with Gasteiger partial charge in [0.15, 0.2) is 11.6 Å². The highest BCUT2D eigenvalue weighted by Crippen LogP contribution is 2.21. The summed E-state index contributed by atoms with van der Waals surface area (Å²) in [6.45, 7) is 0. The Kier molecular flexibility index (Phi) is 3.58. The lowest BCUT2D eigenvalue weighted by atomic mass is 10.1. The first-order valence-corrected chi connectivity index (χ1v) is 5.43. The van der Waals surface area contributed by atoms with E-state index in [1.165, 1.54) is 13.3 Å². The van der Waals surface area contributed by atoms with E-state index in [9.17, 15) is 4.79 Å². The fraction of sp³-hybridized carbons (Fsp3) is 0.0833. The van der Waals surface area contributed by atoms with E-state index < -0.39 is 5.97 Å². The number of methoxy groups -OCH3 is 1. The Bertz CT molecular complexity index is 615. The van der Waals surface area contributed by atoms with Crippen molar-refractivity contribution < 1.29 is 9.53 Å². The molecule has 0 saturated carbocycles. The number of aromatic nitrogens is 2. The first kappa shape index (κ1) is 12.8. The van der Waals surface area contributed by atoms with Crippen LogP contribution in [-0.4, -0.2) is 23.0 Å². The van der Waals surface area contributed by atoms with Crippen LogP contribution in [0.3, 0.4) is 0 Å². The van der Waals surface area contributed by atoms with E-state index in [-0.39, 0.29) is 5.82 Å². The molecular weight excluding hydrogens is 246 g/mol. The van der Waals surface area contributed by atoms with Crippen LogP contribution in [0.5, 0.6) is 0 Å². The summed E-state index contributed by atoms with van der Waals surface area (Å²) in [7, 11) is 1.33. The molecule has 98 valence electrons. The first-order chi connectivity index (χ1) is 9.15. The highest BCUT2D eigenvalue weighted by molar-refractivity contribution is 5.90. The minimum absolute atomic E-state index is 0.184. The molecule has 19 heavy (non-hydrogen) atoms. The lowest BCUT2D eigenvalue weighted by Gasteiger charge is -2.06. The van der Waals surface area contributed by atoms with E-state index >= 15 is 0 Å². The largest absolute Gasteiger partial charge is 0.465 e. The number of ether oxygens (including phenoxy) is 1. The van der Waals surface area contributed by atoms with E-state index in [0.717, 1.165) is 0 Å². The van der Waals surface area contributed by atoms with Crippen molar-refractivity contribution in [2.75, 3.05) is 18.3 Å². The van der Waals surface area contributed by atoms with E-state index in [2.05, 4.69) is 20.1 Å². The van der Waals surface area contributed by atoms with Gasteiger partial charge in [-0.15, -0.1) is 0 Å². The van der Waals surface area contributed by atoms with Crippen LogP contribution in [0.25, 0.3) is 11.3 Å². The van der Waals surface area contributed by atoms with E-state index in [4.69, 9.17) is 11.6 Å². The zero-order valence-electron chi connectivity index (χ0n) is 10.3. The zero-order valence-corrected chi connectivity index (χ0v) is 10.3. The summed E-state index contributed by atoms with van der Waals surface area (Å²) in [6, 6.07) is 6.84. The molecule has 0 unspecified atom stereocenters. The second-order valence-electron chi connectivity index (χ2n) is 3.71. The third kappa shape index (κ3) is 2.61. The summed E-state index contributed by atoms with van der Waals surface area (Å²) >= 11 is 0. The molecule has 7 nitrogen and oxygen atoms in total. The number of hydrazine groups is 1. The Morgan fingerprint density at radius 1 is 1.42 bits per heavy atom. The summed E-state index contributed by atoms with van der Waals surface area (Å²) in [5, 5.41) is 0. The number of nitrogens with one attached hydrogen (secondary N) is 1. The fourth-order valence-electron chi connectivity index (χ4n) is 1.58. The number of esters is 1. The van der Waals surface area contributed by atoms with Gasteiger partial charge in [-0.2, -0.15) is 0 Å². The van der Waals surface area contributed by atoms with Crippen molar-refractivity contribution in [3.8, 4) is 11.3 Å². The second kappa shape index (κ2) is 5.32. The van der Waals surface area contributed by atoms with Gasteiger partial charge in [0, 0.05) is 5.56 Å². The van der Waals surface area contributed by atoms with Crippen LogP contribution in [0.15, 0.2) is 30.5 Å². The van der Waals surface area contributed by atoms with Gasteiger partial charge < -0.3 is 15.9 Å². The number of nitrogen functional groups attached to an aromatic ring is 2. The van der Waals surface area contributed by atoms with Crippen molar-refractivity contribution in [1.82, 2.24) is 9.97 Å². The number of nitrogens with zero attached hydrogens (tertiary/aromatic N) is 2. The molecule has 0 aliphatic rings. The Morgan fingerprint density at radius 3 is 2.84 bits per heavy atom. The molecule has 2 aromatic rings. The van der Waals surface area contributed by atoms with Crippen LogP contribution < -0.4 is 17.0 Å². The maximum absolute atomic E-state index is 11.5. The number of carbonyl (C=O) groups excluding carboxylic acids is 1. The molecule has 1 aromatic carbocycles. The van der Waals surface area contributed by atoms with Gasteiger partial charge in [0.1, 0.15) is 0 Å². The number of carbonyl (C=O) groups is 1. The SMILES string of the molecule is COC(=O)c1cccc(-c2cnc(NN)c(N)n2)c1. The Balaban J connectivity index is 2.41. The summed E-state index contributed by atoms with van der Waals surface area (Å²) in [5.74, 6) is 5.30. The van der Waals surface area contributed by atoms with Crippen molar-refractivity contribution in [3.05, 3.63) is 36.0 Å². The van der Waals surface area contributed by atoms with E-state index in [1.54, 1.807) is 24.3 Å². The van der Waals surface area contributed by atoms with Crippen LogP contribution in [0.4, 0.5) is 11.6 Å². The predicted octanol–water partition coefficient (Wildman–Crippen LogP) is 0.798. The summed E-state index contributed by atoms with van der Waals surface area (Å²) in [4.78, 5) is 19.6. The summed E-state index contributed by atoms with van der Waals surface area (Å²) in [5.41, 5.74) is 9.71. The Labute approximate surface area is 109 Å². The van der Waals surface area contributed by atoms with Crippen LogP contribution in [-0.2, 0) is 4.74 Å². The van der Waals surface area contributed by atoms with Gasteiger partial charge >= 0.3 is 5.97 Å². The minimum atomic E-state index is -0.414. The average molecular weight is 259 g/mol. The molecule has 7 heteroatoms. The van der Waals surface area contributed by atoms with Crippen LogP contribution in [0, 0.1) is 0 Å². The van der Waals surface area contributed by atoms with Crippen molar-refractivity contribution >= 4 is 17.6 Å².